The highest BCUT2D eigenvalue weighted by Gasteiger charge is 2.20. The molecule has 1 atom stereocenters. The van der Waals surface area contributed by atoms with Crippen molar-refractivity contribution in [1.82, 2.24) is 15.5 Å². The monoisotopic (exact) mass is 227 g/mol. The maximum Gasteiger partial charge on any atom is 0.224 e. The van der Waals surface area contributed by atoms with Gasteiger partial charge in [-0.15, -0.1) is 0 Å². The lowest BCUT2D eigenvalue weighted by atomic mass is 9.99. The molecule has 0 saturated carbocycles. The number of rotatable bonds is 5. The normalized spacial score (nSPS) is 21.4. The van der Waals surface area contributed by atoms with E-state index in [0.717, 1.165) is 39.0 Å². The zero-order valence-electron chi connectivity index (χ0n) is 10.8. The van der Waals surface area contributed by atoms with E-state index in [1.165, 1.54) is 0 Å². The van der Waals surface area contributed by atoms with Gasteiger partial charge in [0.1, 0.15) is 0 Å². The summed E-state index contributed by atoms with van der Waals surface area (Å²) in [6, 6.07) is 0.535. The summed E-state index contributed by atoms with van der Waals surface area (Å²) in [6.45, 7) is 7.89. The van der Waals surface area contributed by atoms with Crippen LogP contribution in [0.15, 0.2) is 0 Å². The highest BCUT2D eigenvalue weighted by atomic mass is 16.1. The highest BCUT2D eigenvalue weighted by Crippen LogP contribution is 2.09. The van der Waals surface area contributed by atoms with Gasteiger partial charge in [-0.25, -0.2) is 0 Å². The van der Waals surface area contributed by atoms with Gasteiger partial charge in [0.2, 0.25) is 5.91 Å². The van der Waals surface area contributed by atoms with Crippen LogP contribution in [0.25, 0.3) is 0 Å². The van der Waals surface area contributed by atoms with Crippen LogP contribution in [0, 0.1) is 5.92 Å². The lowest BCUT2D eigenvalue weighted by Crippen LogP contribution is -2.43. The Bertz CT molecular complexity index is 212. The molecule has 94 valence electrons. The summed E-state index contributed by atoms with van der Waals surface area (Å²) in [7, 11) is 2.08. The molecule has 1 aliphatic heterocycles. The Hall–Kier alpha value is -0.610. The molecule has 16 heavy (non-hydrogen) atoms. The molecule has 0 unspecified atom stereocenters. The summed E-state index contributed by atoms with van der Waals surface area (Å²) in [5.74, 6) is 0.391. The predicted octanol–water partition coefficient (Wildman–Crippen LogP) is 0.442. The Morgan fingerprint density at radius 1 is 1.56 bits per heavy atom. The molecule has 0 aromatic heterocycles. The number of hydrogen-bond donors (Lipinski definition) is 2. The maximum absolute atomic E-state index is 11.8. The second-order valence-corrected chi connectivity index (χ2v) is 4.91. The predicted molar refractivity (Wildman–Crippen MR) is 66.4 cm³/mol. The van der Waals surface area contributed by atoms with Crippen molar-refractivity contribution >= 4 is 5.91 Å². The summed E-state index contributed by atoms with van der Waals surface area (Å²) < 4.78 is 0. The van der Waals surface area contributed by atoms with Crippen molar-refractivity contribution in [2.24, 2.45) is 5.92 Å². The Kier molecular flexibility index (Phi) is 5.77. The molecule has 0 spiro atoms. The molecule has 0 radical (unpaired) electrons. The fourth-order valence-electron chi connectivity index (χ4n) is 1.83. The summed E-state index contributed by atoms with van der Waals surface area (Å²) in [5, 5.41) is 6.28. The minimum atomic E-state index is 0.179. The molecule has 1 saturated heterocycles. The van der Waals surface area contributed by atoms with Crippen LogP contribution in [0.2, 0.25) is 0 Å². The summed E-state index contributed by atoms with van der Waals surface area (Å²) in [5.41, 5.74) is 0. The van der Waals surface area contributed by atoms with Gasteiger partial charge in [0, 0.05) is 25.7 Å². The number of carbonyl (C=O) groups is 1. The van der Waals surface area contributed by atoms with Crippen molar-refractivity contribution in [2.45, 2.75) is 32.7 Å². The van der Waals surface area contributed by atoms with Crippen molar-refractivity contribution < 1.29 is 4.79 Å². The molecule has 4 heteroatoms. The van der Waals surface area contributed by atoms with E-state index in [-0.39, 0.29) is 11.8 Å². The zero-order chi connectivity index (χ0) is 12.0. The first kappa shape index (κ1) is 13.5. The first-order valence-electron chi connectivity index (χ1n) is 6.30. The van der Waals surface area contributed by atoms with Crippen LogP contribution in [-0.4, -0.2) is 50.1 Å². The van der Waals surface area contributed by atoms with E-state index in [2.05, 4.69) is 36.4 Å². The highest BCUT2D eigenvalue weighted by molar-refractivity contribution is 5.78. The van der Waals surface area contributed by atoms with Crippen LogP contribution in [-0.2, 0) is 4.79 Å². The van der Waals surface area contributed by atoms with Crippen LogP contribution >= 0.6 is 0 Å². The first-order valence-corrected chi connectivity index (χ1v) is 6.30. The molecular formula is C12H25N3O. The maximum atomic E-state index is 11.8. The summed E-state index contributed by atoms with van der Waals surface area (Å²) in [6.07, 6.45) is 2.14. The molecule has 0 bridgehead atoms. The van der Waals surface area contributed by atoms with Crippen molar-refractivity contribution in [2.75, 3.05) is 33.2 Å². The first-order chi connectivity index (χ1) is 7.61. The van der Waals surface area contributed by atoms with Gasteiger partial charge in [0.25, 0.3) is 0 Å². The van der Waals surface area contributed by atoms with Gasteiger partial charge >= 0.3 is 0 Å². The molecule has 0 aliphatic carbocycles. The topological polar surface area (TPSA) is 44.4 Å². The quantitative estimate of drug-likeness (QED) is 0.716. The van der Waals surface area contributed by atoms with E-state index in [0.29, 0.717) is 6.04 Å². The zero-order valence-corrected chi connectivity index (χ0v) is 10.8. The Labute approximate surface area is 98.8 Å². The van der Waals surface area contributed by atoms with Gasteiger partial charge in [-0.3, -0.25) is 4.79 Å². The van der Waals surface area contributed by atoms with Gasteiger partial charge in [-0.2, -0.15) is 0 Å². The summed E-state index contributed by atoms with van der Waals surface area (Å²) in [4.78, 5) is 14.0. The molecule has 1 rings (SSSR count). The van der Waals surface area contributed by atoms with Crippen LogP contribution in [0.5, 0.6) is 0 Å². The molecule has 0 aromatic rings. The van der Waals surface area contributed by atoms with E-state index in [4.69, 9.17) is 0 Å². The van der Waals surface area contributed by atoms with E-state index in [1.54, 1.807) is 0 Å². The van der Waals surface area contributed by atoms with Gasteiger partial charge in [-0.05, 0) is 40.3 Å². The number of nitrogens with zero attached hydrogens (tertiary/aromatic N) is 1. The minimum absolute atomic E-state index is 0.179. The van der Waals surface area contributed by atoms with E-state index < -0.39 is 0 Å². The van der Waals surface area contributed by atoms with Crippen LogP contribution in [0.1, 0.15) is 26.7 Å². The standard InChI is InChI=1S/C12H25N3O/c1-10(2)15(3)8-7-14-12(16)11-5-4-6-13-9-11/h10-11,13H,4-9H2,1-3H3,(H,14,16)/t11-/m1/s1. The van der Waals surface area contributed by atoms with Crippen LogP contribution in [0.3, 0.4) is 0 Å². The van der Waals surface area contributed by atoms with Gasteiger partial charge in [0.05, 0.1) is 5.92 Å². The molecule has 1 fully saturated rings. The fraction of sp³-hybridized carbons (Fsp3) is 0.917. The third-order valence-corrected chi connectivity index (χ3v) is 3.31. The Balaban J connectivity index is 2.14. The third kappa shape index (κ3) is 4.49. The SMILES string of the molecule is CC(C)N(C)CCNC(=O)[C@@H]1CCCNC1. The second kappa shape index (κ2) is 6.86. The van der Waals surface area contributed by atoms with Crippen molar-refractivity contribution in [3.8, 4) is 0 Å². The van der Waals surface area contributed by atoms with E-state index in [1.807, 2.05) is 0 Å². The second-order valence-electron chi connectivity index (χ2n) is 4.91. The van der Waals surface area contributed by atoms with Gasteiger partial charge in [0.15, 0.2) is 0 Å². The minimum Gasteiger partial charge on any atom is -0.355 e. The lowest BCUT2D eigenvalue weighted by Gasteiger charge is -2.24. The van der Waals surface area contributed by atoms with Crippen LogP contribution < -0.4 is 10.6 Å². The van der Waals surface area contributed by atoms with Gasteiger partial charge < -0.3 is 15.5 Å². The molecule has 1 amide bonds. The Morgan fingerprint density at radius 3 is 2.88 bits per heavy atom. The average Bonchev–Trinajstić information content (AvgIpc) is 2.29. The number of amides is 1. The van der Waals surface area contributed by atoms with Crippen LogP contribution in [0.4, 0.5) is 0 Å². The Morgan fingerprint density at radius 2 is 2.31 bits per heavy atom. The molecule has 1 heterocycles. The lowest BCUT2D eigenvalue weighted by molar-refractivity contribution is -0.125. The molecule has 4 nitrogen and oxygen atoms in total. The van der Waals surface area contributed by atoms with Gasteiger partial charge in [-0.1, -0.05) is 0 Å². The van der Waals surface area contributed by atoms with Crippen molar-refractivity contribution in [1.29, 1.82) is 0 Å². The number of nitrogens with one attached hydrogen (secondary N) is 2. The third-order valence-electron chi connectivity index (χ3n) is 3.31. The summed E-state index contributed by atoms with van der Waals surface area (Å²) >= 11 is 0. The molecule has 0 aromatic carbocycles. The smallest absolute Gasteiger partial charge is 0.224 e. The van der Waals surface area contributed by atoms with Crippen molar-refractivity contribution in [3.63, 3.8) is 0 Å². The fourth-order valence-corrected chi connectivity index (χ4v) is 1.83. The number of carbonyl (C=O) groups excluding carboxylic acids is 1. The average molecular weight is 227 g/mol. The van der Waals surface area contributed by atoms with E-state index >= 15 is 0 Å². The van der Waals surface area contributed by atoms with Crippen molar-refractivity contribution in [3.05, 3.63) is 0 Å². The number of hydrogen-bond acceptors (Lipinski definition) is 3. The largest absolute Gasteiger partial charge is 0.355 e. The molecular weight excluding hydrogens is 202 g/mol. The van der Waals surface area contributed by atoms with E-state index in [9.17, 15) is 4.79 Å². The number of likely N-dealkylation sites (N-methyl/N-ethyl adjacent to an activating group) is 1. The molecule has 1 aliphatic rings. The molecule has 2 N–H and O–H groups in total. The number of piperidine rings is 1.